The summed E-state index contributed by atoms with van der Waals surface area (Å²) >= 11 is 0. The van der Waals surface area contributed by atoms with E-state index in [1.54, 1.807) is 6.08 Å². The fourth-order valence-electron chi connectivity index (χ4n) is 1.94. The Hall–Kier alpha value is -1.57. The van der Waals surface area contributed by atoms with Crippen LogP contribution in [0.25, 0.3) is 5.57 Å². The van der Waals surface area contributed by atoms with Gasteiger partial charge in [0.1, 0.15) is 0 Å². The normalized spacial score (nSPS) is 11.4. The number of ether oxygens (including phenoxy) is 1. The van der Waals surface area contributed by atoms with Crippen LogP contribution in [0, 0.1) is 0 Å². The lowest BCUT2D eigenvalue weighted by molar-refractivity contribution is -0.134. The summed E-state index contributed by atoms with van der Waals surface area (Å²) in [6.45, 7) is 4.28. The van der Waals surface area contributed by atoms with Crippen molar-refractivity contribution in [3.05, 3.63) is 41.5 Å². The molecule has 0 aliphatic heterocycles. The van der Waals surface area contributed by atoms with Gasteiger partial charge >= 0.3 is 5.97 Å². The standard InChI is InChI=1S/C16H22O2/c1-4-6-13-8-10-14(11-9-13)15(7-5-2)12-16(17)18-3/h8-12H,4-7H2,1-3H3. The molecule has 0 bridgehead atoms. The number of hydrogen-bond donors (Lipinski definition) is 0. The summed E-state index contributed by atoms with van der Waals surface area (Å²) in [5.41, 5.74) is 3.50. The summed E-state index contributed by atoms with van der Waals surface area (Å²) in [6, 6.07) is 8.46. The highest BCUT2D eigenvalue weighted by Crippen LogP contribution is 2.21. The molecule has 1 aromatic carbocycles. The van der Waals surface area contributed by atoms with Crippen LogP contribution in [-0.2, 0) is 16.0 Å². The van der Waals surface area contributed by atoms with Gasteiger partial charge in [-0.05, 0) is 29.5 Å². The van der Waals surface area contributed by atoms with E-state index in [1.807, 2.05) is 0 Å². The van der Waals surface area contributed by atoms with Gasteiger partial charge in [0.05, 0.1) is 7.11 Å². The number of esters is 1. The highest BCUT2D eigenvalue weighted by Gasteiger charge is 2.04. The molecule has 0 N–H and O–H groups in total. The van der Waals surface area contributed by atoms with Gasteiger partial charge in [-0.25, -0.2) is 4.79 Å². The number of hydrogen-bond acceptors (Lipinski definition) is 2. The van der Waals surface area contributed by atoms with Crippen molar-refractivity contribution in [3.63, 3.8) is 0 Å². The van der Waals surface area contributed by atoms with E-state index < -0.39 is 0 Å². The molecule has 18 heavy (non-hydrogen) atoms. The zero-order valence-corrected chi connectivity index (χ0v) is 11.5. The van der Waals surface area contributed by atoms with Crippen LogP contribution in [0.3, 0.4) is 0 Å². The zero-order chi connectivity index (χ0) is 13.4. The van der Waals surface area contributed by atoms with Gasteiger partial charge in [0, 0.05) is 6.08 Å². The molecule has 0 aliphatic rings. The average Bonchev–Trinajstić information content (AvgIpc) is 2.39. The van der Waals surface area contributed by atoms with Crippen molar-refractivity contribution in [1.29, 1.82) is 0 Å². The summed E-state index contributed by atoms with van der Waals surface area (Å²) < 4.78 is 4.70. The first-order valence-corrected chi connectivity index (χ1v) is 6.59. The van der Waals surface area contributed by atoms with Crippen molar-refractivity contribution in [2.75, 3.05) is 7.11 Å². The van der Waals surface area contributed by atoms with Gasteiger partial charge in [0.2, 0.25) is 0 Å². The smallest absolute Gasteiger partial charge is 0.330 e. The maximum absolute atomic E-state index is 11.3. The van der Waals surface area contributed by atoms with Crippen LogP contribution in [0.5, 0.6) is 0 Å². The topological polar surface area (TPSA) is 26.3 Å². The van der Waals surface area contributed by atoms with Gasteiger partial charge in [0.25, 0.3) is 0 Å². The average molecular weight is 246 g/mol. The van der Waals surface area contributed by atoms with E-state index in [4.69, 9.17) is 4.74 Å². The molecule has 0 aliphatic carbocycles. The minimum atomic E-state index is -0.281. The second kappa shape index (κ2) is 7.70. The van der Waals surface area contributed by atoms with Crippen LogP contribution in [-0.4, -0.2) is 13.1 Å². The molecule has 0 amide bonds. The quantitative estimate of drug-likeness (QED) is 0.560. The van der Waals surface area contributed by atoms with Gasteiger partial charge in [-0.15, -0.1) is 0 Å². The molecule has 1 rings (SSSR count). The van der Waals surface area contributed by atoms with Gasteiger partial charge < -0.3 is 4.74 Å². The van der Waals surface area contributed by atoms with E-state index in [0.29, 0.717) is 0 Å². The van der Waals surface area contributed by atoms with Crippen molar-refractivity contribution >= 4 is 11.5 Å². The molecule has 0 fully saturated rings. The van der Waals surface area contributed by atoms with Gasteiger partial charge in [-0.3, -0.25) is 0 Å². The molecule has 0 aromatic heterocycles. The molecule has 0 saturated heterocycles. The van der Waals surface area contributed by atoms with E-state index >= 15 is 0 Å². The third kappa shape index (κ3) is 4.36. The molecular formula is C16H22O2. The molecule has 98 valence electrons. The Kier molecular flexibility index (Phi) is 6.20. The monoisotopic (exact) mass is 246 g/mol. The summed E-state index contributed by atoms with van der Waals surface area (Å²) in [7, 11) is 1.41. The minimum absolute atomic E-state index is 0.281. The first-order chi connectivity index (χ1) is 8.71. The summed E-state index contributed by atoms with van der Waals surface area (Å²) in [5, 5.41) is 0. The minimum Gasteiger partial charge on any atom is -0.466 e. The van der Waals surface area contributed by atoms with Gasteiger partial charge in [-0.2, -0.15) is 0 Å². The van der Waals surface area contributed by atoms with E-state index in [-0.39, 0.29) is 5.97 Å². The molecule has 0 spiro atoms. The highest BCUT2D eigenvalue weighted by atomic mass is 16.5. The number of methoxy groups -OCH3 is 1. The van der Waals surface area contributed by atoms with Crippen LogP contribution in [0.15, 0.2) is 30.3 Å². The van der Waals surface area contributed by atoms with Crippen LogP contribution >= 0.6 is 0 Å². The molecule has 0 radical (unpaired) electrons. The predicted molar refractivity (Wildman–Crippen MR) is 75.3 cm³/mol. The van der Waals surface area contributed by atoms with Crippen LogP contribution in [0.2, 0.25) is 0 Å². The molecule has 1 aromatic rings. The van der Waals surface area contributed by atoms with Crippen LogP contribution < -0.4 is 0 Å². The Bertz CT molecular complexity index is 402. The number of aryl methyl sites for hydroxylation is 1. The molecule has 0 saturated carbocycles. The lowest BCUT2D eigenvalue weighted by Crippen LogP contribution is -1.97. The zero-order valence-electron chi connectivity index (χ0n) is 11.5. The fourth-order valence-corrected chi connectivity index (χ4v) is 1.94. The molecule has 2 heteroatoms. The van der Waals surface area contributed by atoms with Crippen molar-refractivity contribution in [3.8, 4) is 0 Å². The number of rotatable bonds is 6. The SMILES string of the molecule is CCCC(=CC(=O)OC)c1ccc(CCC)cc1. The highest BCUT2D eigenvalue weighted by molar-refractivity contribution is 5.91. The van der Waals surface area contributed by atoms with Crippen LogP contribution in [0.1, 0.15) is 44.2 Å². The summed E-state index contributed by atoms with van der Waals surface area (Å²) in [4.78, 5) is 11.3. The van der Waals surface area contributed by atoms with Crippen molar-refractivity contribution in [2.24, 2.45) is 0 Å². The second-order valence-corrected chi connectivity index (χ2v) is 4.39. The lowest BCUT2D eigenvalue weighted by atomic mass is 9.99. The Morgan fingerprint density at radius 2 is 1.83 bits per heavy atom. The Labute approximate surface area is 110 Å². The Balaban J connectivity index is 2.92. The van der Waals surface area contributed by atoms with Crippen molar-refractivity contribution in [2.45, 2.75) is 39.5 Å². The van der Waals surface area contributed by atoms with E-state index in [2.05, 4.69) is 38.1 Å². The molecule has 0 heterocycles. The van der Waals surface area contributed by atoms with Crippen molar-refractivity contribution < 1.29 is 9.53 Å². The number of carbonyl (C=O) groups excluding carboxylic acids is 1. The van der Waals surface area contributed by atoms with Gasteiger partial charge in [-0.1, -0.05) is 51.0 Å². The maximum atomic E-state index is 11.3. The van der Waals surface area contributed by atoms with Crippen LogP contribution in [0.4, 0.5) is 0 Å². The first-order valence-electron chi connectivity index (χ1n) is 6.59. The number of carbonyl (C=O) groups is 1. The fraction of sp³-hybridized carbons (Fsp3) is 0.438. The molecule has 2 nitrogen and oxygen atoms in total. The third-order valence-electron chi connectivity index (χ3n) is 2.88. The maximum Gasteiger partial charge on any atom is 0.330 e. The predicted octanol–water partition coefficient (Wildman–Crippen LogP) is 4.00. The number of allylic oxidation sites excluding steroid dienone is 1. The van der Waals surface area contributed by atoms with Gasteiger partial charge in [0.15, 0.2) is 0 Å². The summed E-state index contributed by atoms with van der Waals surface area (Å²) in [5.74, 6) is -0.281. The number of benzene rings is 1. The largest absolute Gasteiger partial charge is 0.466 e. The Morgan fingerprint density at radius 1 is 1.17 bits per heavy atom. The third-order valence-corrected chi connectivity index (χ3v) is 2.88. The van der Waals surface area contributed by atoms with Crippen molar-refractivity contribution in [1.82, 2.24) is 0 Å². The lowest BCUT2D eigenvalue weighted by Gasteiger charge is -2.07. The van der Waals surface area contributed by atoms with E-state index in [0.717, 1.165) is 36.8 Å². The van der Waals surface area contributed by atoms with E-state index in [1.165, 1.54) is 12.7 Å². The summed E-state index contributed by atoms with van der Waals surface area (Å²) in [6.07, 6.45) is 5.75. The molecule has 0 unspecified atom stereocenters. The molecular weight excluding hydrogens is 224 g/mol. The second-order valence-electron chi connectivity index (χ2n) is 4.39. The first kappa shape index (κ1) is 14.5. The van der Waals surface area contributed by atoms with E-state index in [9.17, 15) is 4.79 Å². The molecule has 0 atom stereocenters. The Morgan fingerprint density at radius 3 is 2.33 bits per heavy atom.